The second-order valence-electron chi connectivity index (χ2n) is 0.583. The fourth-order valence-corrected chi connectivity index (χ4v) is 0. The minimum Gasteiger partial charge on any atom is -0.301 e. The topological polar surface area (TPSA) is 46.5 Å². The molecule has 0 aromatic rings. The Balaban J connectivity index is 0. The van der Waals surface area contributed by atoms with Crippen LogP contribution < -0.4 is 0 Å². The average molecular weight is 99.0 g/mol. The molecule has 0 rings (SSSR count). The van der Waals surface area contributed by atoms with Gasteiger partial charge in [-0.05, 0) is 0 Å². The molecule has 0 aliphatic carbocycles. The molecule has 0 unspecified atom stereocenters. The van der Waals surface area contributed by atoms with Gasteiger partial charge >= 0.3 is 5.97 Å². The van der Waals surface area contributed by atoms with E-state index in [0.29, 0.717) is 0 Å². The zero-order chi connectivity index (χ0) is 4.28. The van der Waals surface area contributed by atoms with Crippen LogP contribution in [-0.4, -0.2) is 40.8 Å². The van der Waals surface area contributed by atoms with Crippen LogP contribution in [-0.2, 0) is 9.68 Å². The first-order valence-corrected chi connectivity index (χ1v) is 1.09. The molecule has 0 heterocycles. The van der Waals surface area contributed by atoms with Crippen LogP contribution >= 0.6 is 0 Å². The molecule has 0 saturated carbocycles. The van der Waals surface area contributed by atoms with Crippen molar-refractivity contribution < 1.29 is 14.9 Å². The maximum Gasteiger partial charge on any atom is 0.339 e. The molecule has 0 spiro atoms. The van der Waals surface area contributed by atoms with Crippen molar-refractivity contribution in [2.75, 3.05) is 0 Å². The molecule has 0 aliphatic heterocycles. The Hall–Kier alpha value is 0.430. The van der Waals surface area contributed by atoms with Crippen molar-refractivity contribution in [3.63, 3.8) is 0 Å². The van der Waals surface area contributed by atoms with Crippen molar-refractivity contribution in [1.82, 2.24) is 0 Å². The normalized spacial score (nSPS) is 5.67. The Morgan fingerprint density at radius 1 is 1.83 bits per heavy atom. The first-order valence-electron chi connectivity index (χ1n) is 1.09. The zero-order valence-corrected chi connectivity index (χ0v) is 5.76. The van der Waals surface area contributed by atoms with Crippen LogP contribution in [0.4, 0.5) is 0 Å². The molecule has 0 bridgehead atoms. The van der Waals surface area contributed by atoms with Gasteiger partial charge in [0.25, 0.3) is 0 Å². The Labute approximate surface area is 57.5 Å². The maximum atomic E-state index is 9.34. The van der Waals surface area contributed by atoms with E-state index in [-0.39, 0.29) is 29.6 Å². The van der Waals surface area contributed by atoms with E-state index in [1.807, 2.05) is 0 Å². The van der Waals surface area contributed by atoms with Crippen molar-refractivity contribution in [2.45, 2.75) is 6.92 Å². The van der Waals surface area contributed by atoms with Crippen molar-refractivity contribution in [3.05, 3.63) is 0 Å². The van der Waals surface area contributed by atoms with E-state index in [0.717, 1.165) is 6.92 Å². The van der Waals surface area contributed by atoms with E-state index < -0.39 is 5.97 Å². The van der Waals surface area contributed by atoms with Crippen molar-refractivity contribution in [2.24, 2.45) is 0 Å². The zero-order valence-electron chi connectivity index (χ0n) is 3.76. The van der Waals surface area contributed by atoms with Gasteiger partial charge in [0.05, 0.1) is 0 Å². The van der Waals surface area contributed by atoms with Crippen LogP contribution in [0.15, 0.2) is 0 Å². The summed E-state index contributed by atoms with van der Waals surface area (Å²) in [6, 6.07) is 0. The Bertz CT molecular complexity index is 44.1. The summed E-state index contributed by atoms with van der Waals surface area (Å²) in [4.78, 5) is 12.5. The minimum atomic E-state index is -0.690. The summed E-state index contributed by atoms with van der Waals surface area (Å²) in [6.45, 7) is 1.11. The van der Waals surface area contributed by atoms with Crippen LogP contribution in [0, 0.1) is 0 Å². The van der Waals surface area contributed by atoms with Crippen LogP contribution in [0.1, 0.15) is 6.92 Å². The number of rotatable bonds is 0. The van der Waals surface area contributed by atoms with Gasteiger partial charge in [0.15, 0.2) is 0 Å². The van der Waals surface area contributed by atoms with Gasteiger partial charge in [0, 0.05) is 36.5 Å². The molecule has 0 aromatic carbocycles. The van der Waals surface area contributed by atoms with Crippen LogP contribution in [0.2, 0.25) is 0 Å². The van der Waals surface area contributed by atoms with Gasteiger partial charge < -0.3 is 4.89 Å². The molecular weight excluding hydrogens is 95.0 g/mol. The number of hydrogen-bond acceptors (Lipinski definition) is 3. The molecule has 1 N–H and O–H groups in total. The molecule has 0 aromatic heterocycles. The second kappa shape index (κ2) is 5.43. The number of carbonyl (C=O) groups is 1. The predicted molar refractivity (Wildman–Crippen MR) is 20.1 cm³/mol. The van der Waals surface area contributed by atoms with Gasteiger partial charge in [-0.25, -0.2) is 4.79 Å². The van der Waals surface area contributed by atoms with Gasteiger partial charge in [0.1, 0.15) is 0 Å². The summed E-state index contributed by atoms with van der Waals surface area (Å²) in [5, 5.41) is 7.29. The average Bonchev–Trinajstić information content (AvgIpc) is 1.38. The fraction of sp³-hybridized carbons (Fsp3) is 0.500. The standard InChI is InChI=1S/C2H4O3.Na/c1-2(3)5-4;/h4H,1H3;. The Morgan fingerprint density at radius 3 is 2.00 bits per heavy atom. The van der Waals surface area contributed by atoms with Crippen LogP contribution in [0.5, 0.6) is 0 Å². The van der Waals surface area contributed by atoms with Gasteiger partial charge in [-0.1, -0.05) is 0 Å². The summed E-state index contributed by atoms with van der Waals surface area (Å²) in [5.41, 5.74) is 0. The van der Waals surface area contributed by atoms with Crippen molar-refractivity contribution in [1.29, 1.82) is 0 Å². The minimum absolute atomic E-state index is 0. The smallest absolute Gasteiger partial charge is 0.301 e. The molecule has 3 nitrogen and oxygen atoms in total. The molecule has 4 heteroatoms. The van der Waals surface area contributed by atoms with Crippen LogP contribution in [0.25, 0.3) is 0 Å². The molecule has 31 valence electrons. The molecular formula is C2H4NaO3. The van der Waals surface area contributed by atoms with E-state index in [2.05, 4.69) is 4.89 Å². The molecule has 6 heavy (non-hydrogen) atoms. The van der Waals surface area contributed by atoms with Crippen molar-refractivity contribution >= 4 is 35.5 Å². The summed E-state index contributed by atoms with van der Waals surface area (Å²) in [7, 11) is 0. The summed E-state index contributed by atoms with van der Waals surface area (Å²) < 4.78 is 0. The Kier molecular flexibility index (Phi) is 8.74. The third-order valence-electron chi connectivity index (χ3n) is 0.129. The monoisotopic (exact) mass is 99.0 g/mol. The third kappa shape index (κ3) is 8.83. The number of carbonyl (C=O) groups excluding carboxylic acids is 1. The molecule has 0 saturated heterocycles. The van der Waals surface area contributed by atoms with E-state index in [1.54, 1.807) is 0 Å². The van der Waals surface area contributed by atoms with Gasteiger partial charge in [-0.2, -0.15) is 5.26 Å². The SMILES string of the molecule is CC(=O)OO.[Na]. The van der Waals surface area contributed by atoms with E-state index >= 15 is 0 Å². The predicted octanol–water partition coefficient (Wildman–Crippen LogP) is -0.358. The fourth-order valence-electron chi connectivity index (χ4n) is 0. The summed E-state index contributed by atoms with van der Waals surface area (Å²) >= 11 is 0. The second-order valence-corrected chi connectivity index (χ2v) is 0.583. The van der Waals surface area contributed by atoms with Gasteiger partial charge in [0.2, 0.25) is 0 Å². The third-order valence-corrected chi connectivity index (χ3v) is 0.129. The maximum absolute atomic E-state index is 9.34. The van der Waals surface area contributed by atoms with E-state index in [9.17, 15) is 4.79 Å². The van der Waals surface area contributed by atoms with Gasteiger partial charge in [-0.3, -0.25) is 0 Å². The van der Waals surface area contributed by atoms with Crippen LogP contribution in [0.3, 0.4) is 0 Å². The van der Waals surface area contributed by atoms with E-state index in [4.69, 9.17) is 5.26 Å². The quantitative estimate of drug-likeness (QED) is 0.256. The largest absolute Gasteiger partial charge is 0.339 e. The first-order chi connectivity index (χ1) is 2.27. The molecule has 0 aliphatic rings. The van der Waals surface area contributed by atoms with Gasteiger partial charge in [-0.15, -0.1) is 0 Å². The summed E-state index contributed by atoms with van der Waals surface area (Å²) in [5.74, 6) is -0.690. The van der Waals surface area contributed by atoms with E-state index in [1.165, 1.54) is 0 Å². The number of hydrogen-bond donors (Lipinski definition) is 1. The summed E-state index contributed by atoms with van der Waals surface area (Å²) in [6.07, 6.45) is 0. The Morgan fingerprint density at radius 2 is 2.00 bits per heavy atom. The molecule has 0 fully saturated rings. The van der Waals surface area contributed by atoms with Crippen molar-refractivity contribution in [3.8, 4) is 0 Å². The molecule has 0 amide bonds. The molecule has 1 radical (unpaired) electrons. The first kappa shape index (κ1) is 9.66. The molecule has 0 atom stereocenters.